The van der Waals surface area contributed by atoms with Crippen LogP contribution in [0.25, 0.3) is 0 Å². The van der Waals surface area contributed by atoms with Crippen LogP contribution in [0.2, 0.25) is 5.04 Å². The Kier molecular flexibility index (Phi) is 8.03. The van der Waals surface area contributed by atoms with Gasteiger partial charge in [-0.3, -0.25) is 0 Å². The summed E-state index contributed by atoms with van der Waals surface area (Å²) in [6, 6.07) is 21.6. The first-order chi connectivity index (χ1) is 15.5. The Hall–Kier alpha value is -2.15. The molecule has 0 spiro atoms. The third-order valence-electron chi connectivity index (χ3n) is 6.11. The van der Waals surface area contributed by atoms with Crippen LogP contribution < -0.4 is 15.7 Å². The van der Waals surface area contributed by atoms with Crippen molar-refractivity contribution in [3.05, 3.63) is 60.7 Å². The molecule has 1 saturated heterocycles. The van der Waals surface area contributed by atoms with Crippen LogP contribution in [0.15, 0.2) is 60.7 Å². The van der Waals surface area contributed by atoms with Crippen molar-refractivity contribution >= 4 is 24.8 Å². The lowest BCUT2D eigenvalue weighted by molar-refractivity contribution is 0.0187. The van der Waals surface area contributed by atoms with E-state index in [4.69, 9.17) is 9.16 Å². The molecule has 1 aliphatic rings. The SMILES string of the molecule is CC(C)(C)OC(=O)N1CCN[C@@H](CCO[Si](c2ccccc2)(c2ccccc2)C(C)(C)C)C1. The number of hydrogen-bond donors (Lipinski definition) is 1. The normalized spacial score (nSPS) is 17.6. The fourth-order valence-electron chi connectivity index (χ4n) is 4.63. The number of hydrogen-bond acceptors (Lipinski definition) is 4. The number of piperazine rings is 1. The molecule has 1 fully saturated rings. The van der Waals surface area contributed by atoms with Crippen LogP contribution in [0.1, 0.15) is 48.0 Å². The quantitative estimate of drug-likeness (QED) is 0.647. The molecular weight excluding hydrogens is 428 g/mol. The third-order valence-corrected chi connectivity index (χ3v) is 11.2. The number of rotatable bonds is 6. The van der Waals surface area contributed by atoms with Crippen LogP contribution in [0, 0.1) is 0 Å². The van der Waals surface area contributed by atoms with Crippen molar-refractivity contribution in [2.45, 2.75) is 64.6 Å². The highest BCUT2D eigenvalue weighted by Gasteiger charge is 2.50. The van der Waals surface area contributed by atoms with Gasteiger partial charge in [0.1, 0.15) is 5.60 Å². The fraction of sp³-hybridized carbons (Fsp3) is 0.519. The molecule has 5 nitrogen and oxygen atoms in total. The van der Waals surface area contributed by atoms with Gasteiger partial charge < -0.3 is 19.4 Å². The number of benzene rings is 2. The second-order valence-corrected chi connectivity index (χ2v) is 15.2. The van der Waals surface area contributed by atoms with E-state index in [9.17, 15) is 4.79 Å². The highest BCUT2D eigenvalue weighted by molar-refractivity contribution is 6.99. The Morgan fingerprint density at radius 1 is 0.970 bits per heavy atom. The number of nitrogens with zero attached hydrogens (tertiary/aromatic N) is 1. The van der Waals surface area contributed by atoms with Crippen LogP contribution >= 0.6 is 0 Å². The molecule has 1 heterocycles. The smallest absolute Gasteiger partial charge is 0.410 e. The van der Waals surface area contributed by atoms with Crippen LogP contribution in [-0.2, 0) is 9.16 Å². The van der Waals surface area contributed by atoms with Crippen molar-refractivity contribution in [3.63, 3.8) is 0 Å². The van der Waals surface area contributed by atoms with E-state index in [1.165, 1.54) is 10.4 Å². The van der Waals surface area contributed by atoms with Gasteiger partial charge in [-0.1, -0.05) is 81.4 Å². The van der Waals surface area contributed by atoms with E-state index in [1.807, 2.05) is 25.7 Å². The maximum Gasteiger partial charge on any atom is 0.410 e. The Labute approximate surface area is 200 Å². The van der Waals surface area contributed by atoms with E-state index < -0.39 is 13.9 Å². The van der Waals surface area contributed by atoms with Crippen molar-refractivity contribution < 1.29 is 14.0 Å². The van der Waals surface area contributed by atoms with Crippen molar-refractivity contribution in [2.75, 3.05) is 26.2 Å². The molecule has 1 amide bonds. The lowest BCUT2D eigenvalue weighted by Gasteiger charge is -2.43. The molecule has 1 N–H and O–H groups in total. The summed E-state index contributed by atoms with van der Waals surface area (Å²) in [4.78, 5) is 14.4. The predicted octanol–water partition coefficient (Wildman–Crippen LogP) is 4.16. The molecule has 0 bridgehead atoms. The van der Waals surface area contributed by atoms with Gasteiger partial charge in [0.05, 0.1) is 0 Å². The fourth-order valence-corrected chi connectivity index (χ4v) is 9.21. The Bertz CT molecular complexity index is 852. The molecule has 2 aromatic carbocycles. The van der Waals surface area contributed by atoms with E-state index in [1.54, 1.807) is 0 Å². The van der Waals surface area contributed by atoms with Crippen molar-refractivity contribution in [1.29, 1.82) is 0 Å². The maximum atomic E-state index is 12.5. The summed E-state index contributed by atoms with van der Waals surface area (Å²) in [5.74, 6) is 0. The summed E-state index contributed by atoms with van der Waals surface area (Å²) in [7, 11) is -2.54. The largest absolute Gasteiger partial charge is 0.444 e. The van der Waals surface area contributed by atoms with E-state index in [2.05, 4.69) is 86.8 Å². The zero-order valence-corrected chi connectivity index (χ0v) is 22.1. The summed E-state index contributed by atoms with van der Waals surface area (Å²) >= 11 is 0. The molecular formula is C27H40N2O3Si. The van der Waals surface area contributed by atoms with Crippen LogP contribution in [-0.4, -0.2) is 57.2 Å². The molecule has 1 aliphatic heterocycles. The second kappa shape index (κ2) is 10.4. The van der Waals surface area contributed by atoms with E-state index in [0.717, 1.165) is 13.0 Å². The first kappa shape index (κ1) is 25.5. The summed E-state index contributed by atoms with van der Waals surface area (Å²) in [6.07, 6.45) is 0.603. The summed E-state index contributed by atoms with van der Waals surface area (Å²) in [6.45, 7) is 15.3. The molecule has 2 aromatic rings. The maximum absolute atomic E-state index is 12.5. The van der Waals surface area contributed by atoms with E-state index in [0.29, 0.717) is 19.7 Å². The van der Waals surface area contributed by atoms with E-state index >= 15 is 0 Å². The number of carbonyl (C=O) groups excluding carboxylic acids is 1. The zero-order valence-electron chi connectivity index (χ0n) is 21.1. The first-order valence-electron chi connectivity index (χ1n) is 12.0. The van der Waals surface area contributed by atoms with Crippen molar-refractivity contribution in [3.8, 4) is 0 Å². The Morgan fingerprint density at radius 2 is 1.52 bits per heavy atom. The monoisotopic (exact) mass is 468 g/mol. The van der Waals surface area contributed by atoms with Gasteiger partial charge in [0.25, 0.3) is 8.32 Å². The molecule has 1 atom stereocenters. The number of nitrogens with one attached hydrogen (secondary N) is 1. The topological polar surface area (TPSA) is 50.8 Å². The lowest BCUT2D eigenvalue weighted by atomic mass is 10.1. The van der Waals surface area contributed by atoms with Crippen LogP contribution in [0.4, 0.5) is 4.79 Å². The van der Waals surface area contributed by atoms with Gasteiger partial charge in [-0.15, -0.1) is 0 Å². The van der Waals surface area contributed by atoms with Gasteiger partial charge in [0, 0.05) is 32.3 Å². The van der Waals surface area contributed by atoms with Crippen LogP contribution in [0.3, 0.4) is 0 Å². The van der Waals surface area contributed by atoms with Gasteiger partial charge in [0.2, 0.25) is 0 Å². The lowest BCUT2D eigenvalue weighted by Crippen LogP contribution is -2.66. The summed E-state index contributed by atoms with van der Waals surface area (Å²) < 4.78 is 12.6. The highest BCUT2D eigenvalue weighted by atomic mass is 28.4. The zero-order chi connectivity index (χ0) is 24.1. The summed E-state index contributed by atoms with van der Waals surface area (Å²) in [5, 5.41) is 6.09. The molecule has 0 saturated carbocycles. The molecule has 3 rings (SSSR count). The molecule has 0 unspecified atom stereocenters. The molecule has 0 aromatic heterocycles. The first-order valence-corrected chi connectivity index (χ1v) is 13.9. The minimum atomic E-state index is -2.54. The Morgan fingerprint density at radius 3 is 2.00 bits per heavy atom. The molecule has 0 radical (unpaired) electrons. The average Bonchev–Trinajstić information content (AvgIpc) is 2.76. The van der Waals surface area contributed by atoms with Gasteiger partial charge in [-0.05, 0) is 42.6 Å². The van der Waals surface area contributed by atoms with Crippen molar-refractivity contribution in [2.24, 2.45) is 0 Å². The molecule has 180 valence electrons. The minimum Gasteiger partial charge on any atom is -0.444 e. The van der Waals surface area contributed by atoms with Gasteiger partial charge >= 0.3 is 6.09 Å². The standard InChI is InChI=1S/C27H40N2O3Si/c1-26(2,3)32-25(30)29-19-18-28-22(21-29)17-20-31-33(27(4,5)6,23-13-9-7-10-14-23)24-15-11-8-12-16-24/h7-16,22,28H,17-21H2,1-6H3/t22-/m0/s1. The number of ether oxygens (including phenoxy) is 1. The van der Waals surface area contributed by atoms with E-state index in [-0.39, 0.29) is 17.2 Å². The number of amides is 1. The predicted molar refractivity (Wildman–Crippen MR) is 138 cm³/mol. The van der Waals surface area contributed by atoms with Crippen LogP contribution in [0.5, 0.6) is 0 Å². The van der Waals surface area contributed by atoms with Gasteiger partial charge in [0.15, 0.2) is 0 Å². The second-order valence-electron chi connectivity index (χ2n) is 10.9. The third kappa shape index (κ3) is 6.25. The minimum absolute atomic E-state index is 0.0434. The molecule has 0 aliphatic carbocycles. The number of carbonyl (C=O) groups is 1. The summed E-state index contributed by atoms with van der Waals surface area (Å²) in [5.41, 5.74) is -0.482. The highest BCUT2D eigenvalue weighted by Crippen LogP contribution is 2.36. The molecule has 6 heteroatoms. The van der Waals surface area contributed by atoms with Crippen molar-refractivity contribution in [1.82, 2.24) is 10.2 Å². The van der Waals surface area contributed by atoms with Gasteiger partial charge in [-0.25, -0.2) is 4.79 Å². The molecule has 33 heavy (non-hydrogen) atoms. The Balaban J connectivity index is 1.76. The average molecular weight is 469 g/mol. The van der Waals surface area contributed by atoms with Gasteiger partial charge in [-0.2, -0.15) is 0 Å².